The third kappa shape index (κ3) is 3.29. The number of carbonyl (C=O) groups is 2. The van der Waals surface area contributed by atoms with Crippen LogP contribution in [0, 0.1) is 19.8 Å². The second-order valence-corrected chi connectivity index (χ2v) is 7.08. The fourth-order valence-corrected chi connectivity index (χ4v) is 3.50. The van der Waals surface area contributed by atoms with E-state index in [1.54, 1.807) is 17.4 Å². The Balaban J connectivity index is 1.52. The maximum atomic E-state index is 12.9. The van der Waals surface area contributed by atoms with Crippen LogP contribution in [0.1, 0.15) is 17.5 Å². The highest BCUT2D eigenvalue weighted by Crippen LogP contribution is 2.28. The molecule has 142 valence electrons. The van der Waals surface area contributed by atoms with E-state index in [9.17, 15) is 9.59 Å². The van der Waals surface area contributed by atoms with Crippen LogP contribution in [0.15, 0.2) is 61.2 Å². The molecule has 0 saturated carbocycles. The highest BCUT2D eigenvalue weighted by atomic mass is 16.2. The van der Waals surface area contributed by atoms with Crippen LogP contribution in [0.4, 0.5) is 11.4 Å². The van der Waals surface area contributed by atoms with Crippen molar-refractivity contribution in [3.8, 4) is 5.69 Å². The Morgan fingerprint density at radius 1 is 1.14 bits per heavy atom. The van der Waals surface area contributed by atoms with Crippen LogP contribution < -0.4 is 10.2 Å². The Kier molecular flexibility index (Phi) is 4.69. The van der Waals surface area contributed by atoms with Crippen LogP contribution in [0.3, 0.4) is 0 Å². The molecular weight excluding hydrogens is 352 g/mol. The predicted octanol–water partition coefficient (Wildman–Crippen LogP) is 3.48. The normalized spacial score (nSPS) is 16.4. The minimum Gasteiger partial charge on any atom is -0.324 e. The largest absolute Gasteiger partial charge is 0.324 e. The molecule has 4 rings (SSSR count). The summed E-state index contributed by atoms with van der Waals surface area (Å²) in [5, 5.41) is 2.93. The molecule has 1 aliphatic heterocycles. The lowest BCUT2D eigenvalue weighted by Crippen LogP contribution is -2.33. The SMILES string of the molecule is Cc1ccc(N2CCC(C(=O)Nc3ccccc3-n3ccnc3)C2=O)cc1C. The van der Waals surface area contributed by atoms with Gasteiger partial charge in [0.1, 0.15) is 5.92 Å². The van der Waals surface area contributed by atoms with Gasteiger partial charge in [0, 0.05) is 24.6 Å². The van der Waals surface area contributed by atoms with E-state index in [1.165, 1.54) is 5.56 Å². The van der Waals surface area contributed by atoms with Gasteiger partial charge in [-0.2, -0.15) is 0 Å². The van der Waals surface area contributed by atoms with E-state index in [1.807, 2.05) is 67.1 Å². The van der Waals surface area contributed by atoms with Crippen LogP contribution in [0.5, 0.6) is 0 Å². The van der Waals surface area contributed by atoms with Gasteiger partial charge in [-0.3, -0.25) is 9.59 Å². The van der Waals surface area contributed by atoms with Crippen molar-refractivity contribution in [2.75, 3.05) is 16.8 Å². The third-order valence-electron chi connectivity index (χ3n) is 5.27. The number of carbonyl (C=O) groups excluding carboxylic acids is 2. The zero-order valence-electron chi connectivity index (χ0n) is 15.9. The second kappa shape index (κ2) is 7.31. The minimum absolute atomic E-state index is 0.152. The number of amides is 2. The number of hydrogen-bond donors (Lipinski definition) is 1. The minimum atomic E-state index is -0.683. The molecule has 6 nitrogen and oxygen atoms in total. The Labute approximate surface area is 163 Å². The van der Waals surface area contributed by atoms with E-state index in [-0.39, 0.29) is 11.8 Å². The highest BCUT2D eigenvalue weighted by molar-refractivity contribution is 6.13. The average Bonchev–Trinajstić information content (AvgIpc) is 3.34. The number of aromatic nitrogens is 2. The van der Waals surface area contributed by atoms with Crippen molar-refractivity contribution in [3.63, 3.8) is 0 Å². The molecule has 1 saturated heterocycles. The van der Waals surface area contributed by atoms with E-state index < -0.39 is 5.92 Å². The first-order chi connectivity index (χ1) is 13.5. The number of nitrogens with one attached hydrogen (secondary N) is 1. The van der Waals surface area contributed by atoms with Crippen LogP contribution >= 0.6 is 0 Å². The fraction of sp³-hybridized carbons (Fsp3) is 0.227. The smallest absolute Gasteiger partial charge is 0.239 e. The van der Waals surface area contributed by atoms with Gasteiger partial charge in [0.25, 0.3) is 0 Å². The molecule has 0 radical (unpaired) electrons. The van der Waals surface area contributed by atoms with Gasteiger partial charge in [-0.05, 0) is 55.7 Å². The lowest BCUT2D eigenvalue weighted by molar-refractivity contribution is -0.129. The molecule has 2 heterocycles. The quantitative estimate of drug-likeness (QED) is 0.711. The molecular formula is C22H22N4O2. The van der Waals surface area contributed by atoms with E-state index in [0.29, 0.717) is 18.7 Å². The Morgan fingerprint density at radius 3 is 2.71 bits per heavy atom. The molecule has 1 aliphatic rings. The molecule has 1 atom stereocenters. The van der Waals surface area contributed by atoms with Crippen molar-refractivity contribution in [1.29, 1.82) is 0 Å². The van der Waals surface area contributed by atoms with Gasteiger partial charge in [0.15, 0.2) is 0 Å². The van der Waals surface area contributed by atoms with E-state index >= 15 is 0 Å². The van der Waals surface area contributed by atoms with Crippen molar-refractivity contribution in [1.82, 2.24) is 9.55 Å². The summed E-state index contributed by atoms with van der Waals surface area (Å²) in [5.41, 5.74) is 4.63. The first-order valence-corrected chi connectivity index (χ1v) is 9.31. The van der Waals surface area contributed by atoms with Gasteiger partial charge in [-0.15, -0.1) is 0 Å². The molecule has 1 unspecified atom stereocenters. The summed E-state index contributed by atoms with van der Waals surface area (Å²) in [5.74, 6) is -1.11. The molecule has 1 N–H and O–H groups in total. The summed E-state index contributed by atoms with van der Waals surface area (Å²) in [6, 6.07) is 13.4. The number of hydrogen-bond acceptors (Lipinski definition) is 3. The molecule has 0 spiro atoms. The zero-order chi connectivity index (χ0) is 19.7. The van der Waals surface area contributed by atoms with Crippen LogP contribution in [-0.2, 0) is 9.59 Å². The molecule has 3 aromatic rings. The number of benzene rings is 2. The molecule has 6 heteroatoms. The van der Waals surface area contributed by atoms with Gasteiger partial charge in [0.2, 0.25) is 11.8 Å². The summed E-state index contributed by atoms with van der Waals surface area (Å²) in [4.78, 5) is 31.5. The number of nitrogens with zero attached hydrogens (tertiary/aromatic N) is 3. The molecule has 0 aliphatic carbocycles. The lowest BCUT2D eigenvalue weighted by Gasteiger charge is -2.18. The number of imidazole rings is 1. The van der Waals surface area contributed by atoms with E-state index in [0.717, 1.165) is 16.9 Å². The van der Waals surface area contributed by atoms with Crippen molar-refractivity contribution >= 4 is 23.2 Å². The van der Waals surface area contributed by atoms with Crippen LogP contribution in [0.25, 0.3) is 5.69 Å². The Morgan fingerprint density at radius 2 is 1.96 bits per heavy atom. The van der Waals surface area contributed by atoms with Gasteiger partial charge in [0.05, 0.1) is 17.7 Å². The Hall–Kier alpha value is -3.41. The van der Waals surface area contributed by atoms with Gasteiger partial charge in [-0.25, -0.2) is 4.98 Å². The monoisotopic (exact) mass is 374 g/mol. The summed E-state index contributed by atoms with van der Waals surface area (Å²) in [6.45, 7) is 4.61. The molecule has 0 bridgehead atoms. The highest BCUT2D eigenvalue weighted by Gasteiger charge is 2.37. The summed E-state index contributed by atoms with van der Waals surface area (Å²) in [6.07, 6.45) is 5.67. The second-order valence-electron chi connectivity index (χ2n) is 7.08. The average molecular weight is 374 g/mol. The number of anilines is 2. The first kappa shape index (κ1) is 18.0. The number of aryl methyl sites for hydroxylation is 2. The van der Waals surface area contributed by atoms with Crippen molar-refractivity contribution in [2.24, 2.45) is 5.92 Å². The predicted molar refractivity (Wildman–Crippen MR) is 109 cm³/mol. The number of para-hydroxylation sites is 2. The molecule has 28 heavy (non-hydrogen) atoms. The maximum absolute atomic E-state index is 12.9. The standard InChI is InChI=1S/C22H22N4O2/c1-15-7-8-17(13-16(15)2)26-11-9-18(22(26)28)21(27)24-19-5-3-4-6-20(19)25-12-10-23-14-25/h3-8,10,12-14,18H,9,11H2,1-2H3,(H,24,27). The molecule has 1 aromatic heterocycles. The molecule has 1 fully saturated rings. The zero-order valence-corrected chi connectivity index (χ0v) is 15.9. The Bertz CT molecular complexity index is 1030. The van der Waals surface area contributed by atoms with Gasteiger partial charge >= 0.3 is 0 Å². The van der Waals surface area contributed by atoms with Gasteiger partial charge < -0.3 is 14.8 Å². The fourth-order valence-electron chi connectivity index (χ4n) is 3.50. The summed E-state index contributed by atoms with van der Waals surface area (Å²) in [7, 11) is 0. The van der Waals surface area contributed by atoms with Crippen LogP contribution in [-0.4, -0.2) is 27.9 Å². The molecule has 2 amide bonds. The first-order valence-electron chi connectivity index (χ1n) is 9.31. The van der Waals surface area contributed by atoms with E-state index in [4.69, 9.17) is 0 Å². The van der Waals surface area contributed by atoms with Gasteiger partial charge in [-0.1, -0.05) is 18.2 Å². The third-order valence-corrected chi connectivity index (χ3v) is 5.27. The summed E-state index contributed by atoms with van der Waals surface area (Å²) >= 11 is 0. The van der Waals surface area contributed by atoms with Crippen molar-refractivity contribution in [2.45, 2.75) is 20.3 Å². The topological polar surface area (TPSA) is 67.2 Å². The van der Waals surface area contributed by atoms with Crippen molar-refractivity contribution in [3.05, 3.63) is 72.3 Å². The van der Waals surface area contributed by atoms with Crippen molar-refractivity contribution < 1.29 is 9.59 Å². The van der Waals surface area contributed by atoms with Crippen LogP contribution in [0.2, 0.25) is 0 Å². The maximum Gasteiger partial charge on any atom is 0.239 e. The summed E-state index contributed by atoms with van der Waals surface area (Å²) < 4.78 is 1.83. The molecule has 2 aromatic carbocycles. The lowest BCUT2D eigenvalue weighted by atomic mass is 10.1. The number of rotatable bonds is 4. The van der Waals surface area contributed by atoms with E-state index in [2.05, 4.69) is 10.3 Å².